The number of rotatable bonds is 2. The number of hydrogen-bond donors (Lipinski definition) is 0. The summed E-state index contributed by atoms with van der Waals surface area (Å²) >= 11 is 1.61. The van der Waals surface area contributed by atoms with Crippen LogP contribution in [-0.4, -0.2) is 4.98 Å². The topological polar surface area (TPSA) is 36.7 Å². The molecule has 0 spiro atoms. The number of para-hydroxylation sites is 1. The number of hydrogen-bond acceptors (Lipinski definition) is 3. The molecule has 1 heterocycles. The molecule has 0 saturated heterocycles. The second kappa shape index (κ2) is 5.59. The van der Waals surface area contributed by atoms with Crippen LogP contribution in [0.5, 0.6) is 0 Å². The van der Waals surface area contributed by atoms with Crippen LogP contribution in [0.25, 0.3) is 10.9 Å². The van der Waals surface area contributed by atoms with E-state index in [4.69, 9.17) is 0 Å². The highest BCUT2D eigenvalue weighted by Crippen LogP contribution is 2.32. The van der Waals surface area contributed by atoms with Crippen molar-refractivity contribution in [3.63, 3.8) is 0 Å². The average Bonchev–Trinajstić information content (AvgIpc) is 2.50. The predicted molar refractivity (Wildman–Crippen MR) is 86.5 cm³/mol. The molecular formula is C18H14N2S. The molecule has 0 fully saturated rings. The first kappa shape index (κ1) is 13.7. The molecule has 3 heteroatoms. The maximum atomic E-state index is 9.34. The van der Waals surface area contributed by atoms with Gasteiger partial charge in [-0.3, -0.25) is 0 Å². The summed E-state index contributed by atoms with van der Waals surface area (Å²) in [6.07, 6.45) is 0. The van der Waals surface area contributed by atoms with Crippen LogP contribution in [0.3, 0.4) is 0 Å². The van der Waals surface area contributed by atoms with Crippen LogP contribution in [0.4, 0.5) is 0 Å². The van der Waals surface area contributed by atoms with Crippen molar-refractivity contribution in [2.45, 2.75) is 23.8 Å². The van der Waals surface area contributed by atoms with Crippen molar-refractivity contribution in [2.24, 2.45) is 0 Å². The second-order valence-corrected chi connectivity index (χ2v) is 6.07. The summed E-state index contributed by atoms with van der Waals surface area (Å²) in [5.74, 6) is 0. The van der Waals surface area contributed by atoms with Gasteiger partial charge in [0, 0.05) is 10.3 Å². The van der Waals surface area contributed by atoms with E-state index in [0.29, 0.717) is 5.56 Å². The Morgan fingerprint density at radius 3 is 2.67 bits per heavy atom. The summed E-state index contributed by atoms with van der Waals surface area (Å²) in [5, 5.41) is 11.1. The molecule has 0 aliphatic rings. The zero-order chi connectivity index (χ0) is 14.8. The third kappa shape index (κ3) is 2.76. The fraction of sp³-hybridized carbons (Fsp3) is 0.111. The van der Waals surface area contributed by atoms with Crippen LogP contribution >= 0.6 is 11.8 Å². The van der Waals surface area contributed by atoms with Gasteiger partial charge in [-0.25, -0.2) is 4.98 Å². The SMILES string of the molecule is Cc1ccc(C)c(Sc2cc(C#N)c3ccccc3n2)c1. The van der Waals surface area contributed by atoms with Crippen LogP contribution in [0.15, 0.2) is 58.5 Å². The van der Waals surface area contributed by atoms with E-state index in [0.717, 1.165) is 15.9 Å². The van der Waals surface area contributed by atoms with E-state index in [2.05, 4.69) is 43.1 Å². The molecule has 0 aliphatic heterocycles. The van der Waals surface area contributed by atoms with Crippen molar-refractivity contribution >= 4 is 22.7 Å². The number of pyridine rings is 1. The first-order valence-electron chi connectivity index (χ1n) is 6.72. The summed E-state index contributed by atoms with van der Waals surface area (Å²) in [6.45, 7) is 4.17. The lowest BCUT2D eigenvalue weighted by Crippen LogP contribution is -1.89. The van der Waals surface area contributed by atoms with E-state index >= 15 is 0 Å². The maximum absolute atomic E-state index is 9.34. The molecule has 0 aliphatic carbocycles. The number of aromatic nitrogens is 1. The Labute approximate surface area is 128 Å². The molecule has 0 unspecified atom stereocenters. The number of fused-ring (bicyclic) bond motifs is 1. The molecule has 0 atom stereocenters. The van der Waals surface area contributed by atoms with Crippen LogP contribution in [0.1, 0.15) is 16.7 Å². The van der Waals surface area contributed by atoms with E-state index < -0.39 is 0 Å². The average molecular weight is 290 g/mol. The van der Waals surface area contributed by atoms with Crippen molar-refractivity contribution in [2.75, 3.05) is 0 Å². The van der Waals surface area contributed by atoms with E-state index in [9.17, 15) is 5.26 Å². The molecular weight excluding hydrogens is 276 g/mol. The van der Waals surface area contributed by atoms with Gasteiger partial charge in [-0.15, -0.1) is 0 Å². The monoisotopic (exact) mass is 290 g/mol. The van der Waals surface area contributed by atoms with E-state index in [-0.39, 0.29) is 0 Å². The van der Waals surface area contributed by atoms with Crippen LogP contribution in [0, 0.1) is 25.2 Å². The summed E-state index contributed by atoms with van der Waals surface area (Å²) in [5.41, 5.74) is 3.99. The third-order valence-electron chi connectivity index (χ3n) is 3.37. The van der Waals surface area contributed by atoms with Crippen molar-refractivity contribution in [1.82, 2.24) is 4.98 Å². The largest absolute Gasteiger partial charge is 0.241 e. The number of nitriles is 1. The summed E-state index contributed by atoms with van der Waals surface area (Å²) < 4.78 is 0. The Hall–Kier alpha value is -2.31. The maximum Gasteiger partial charge on any atom is 0.103 e. The van der Waals surface area contributed by atoms with Gasteiger partial charge in [0.15, 0.2) is 0 Å². The lowest BCUT2D eigenvalue weighted by molar-refractivity contribution is 1.17. The minimum atomic E-state index is 0.674. The van der Waals surface area contributed by atoms with Crippen molar-refractivity contribution < 1.29 is 0 Å². The number of benzene rings is 2. The van der Waals surface area contributed by atoms with Gasteiger partial charge in [0.1, 0.15) is 5.03 Å². The zero-order valence-corrected chi connectivity index (χ0v) is 12.7. The fourth-order valence-electron chi connectivity index (χ4n) is 2.23. The quantitative estimate of drug-likeness (QED) is 0.675. The van der Waals surface area contributed by atoms with Gasteiger partial charge in [-0.1, -0.05) is 42.1 Å². The van der Waals surface area contributed by atoms with E-state index in [1.54, 1.807) is 11.8 Å². The van der Waals surface area contributed by atoms with Crippen LogP contribution in [-0.2, 0) is 0 Å². The second-order valence-electron chi connectivity index (χ2n) is 5.01. The molecule has 0 radical (unpaired) electrons. The third-order valence-corrected chi connectivity index (χ3v) is 4.45. The molecule has 1 aromatic heterocycles. The molecule has 0 N–H and O–H groups in total. The molecule has 2 aromatic carbocycles. The highest BCUT2D eigenvalue weighted by atomic mass is 32.2. The lowest BCUT2D eigenvalue weighted by Gasteiger charge is -2.08. The Morgan fingerprint density at radius 1 is 1.05 bits per heavy atom. The normalized spacial score (nSPS) is 10.5. The van der Waals surface area contributed by atoms with Gasteiger partial charge in [0.05, 0.1) is 17.1 Å². The molecule has 0 amide bonds. The highest BCUT2D eigenvalue weighted by molar-refractivity contribution is 7.99. The minimum Gasteiger partial charge on any atom is -0.241 e. The predicted octanol–water partition coefficient (Wildman–Crippen LogP) is 4.87. The first-order chi connectivity index (χ1) is 10.2. The zero-order valence-electron chi connectivity index (χ0n) is 11.9. The molecule has 3 rings (SSSR count). The van der Waals surface area contributed by atoms with Gasteiger partial charge in [0.25, 0.3) is 0 Å². The fourth-order valence-corrected chi connectivity index (χ4v) is 3.25. The van der Waals surface area contributed by atoms with Crippen molar-refractivity contribution in [1.29, 1.82) is 5.26 Å². The standard InChI is InChI=1S/C18H14N2S/c1-12-7-8-13(2)17(9-12)21-18-10-14(11-19)15-5-3-4-6-16(15)20-18/h3-10H,1-2H3. The molecule has 21 heavy (non-hydrogen) atoms. The van der Waals surface area contributed by atoms with Gasteiger partial charge in [-0.2, -0.15) is 5.26 Å². The Bertz CT molecular complexity index is 863. The van der Waals surface area contributed by atoms with Gasteiger partial charge >= 0.3 is 0 Å². The van der Waals surface area contributed by atoms with Crippen molar-refractivity contribution in [3.8, 4) is 6.07 Å². The molecule has 0 saturated carbocycles. The van der Waals surface area contributed by atoms with Gasteiger partial charge < -0.3 is 0 Å². The molecule has 0 bridgehead atoms. The lowest BCUT2D eigenvalue weighted by atomic mass is 10.1. The Kier molecular flexibility index (Phi) is 3.64. The van der Waals surface area contributed by atoms with Crippen LogP contribution < -0.4 is 0 Å². The summed E-state index contributed by atoms with van der Waals surface area (Å²) in [6, 6.07) is 18.3. The molecule has 102 valence electrons. The number of nitrogens with zero attached hydrogens (tertiary/aromatic N) is 2. The Morgan fingerprint density at radius 2 is 1.86 bits per heavy atom. The minimum absolute atomic E-state index is 0.674. The first-order valence-corrected chi connectivity index (χ1v) is 7.54. The van der Waals surface area contributed by atoms with E-state index in [1.807, 2.05) is 30.3 Å². The number of aryl methyl sites for hydroxylation is 2. The molecule has 3 aromatic rings. The van der Waals surface area contributed by atoms with Crippen molar-refractivity contribution in [3.05, 3.63) is 65.2 Å². The van der Waals surface area contributed by atoms with Gasteiger partial charge in [0.2, 0.25) is 0 Å². The van der Waals surface area contributed by atoms with E-state index in [1.165, 1.54) is 16.0 Å². The summed E-state index contributed by atoms with van der Waals surface area (Å²) in [7, 11) is 0. The summed E-state index contributed by atoms with van der Waals surface area (Å²) in [4.78, 5) is 5.84. The highest BCUT2D eigenvalue weighted by Gasteiger charge is 2.08. The smallest absolute Gasteiger partial charge is 0.103 e. The molecule has 2 nitrogen and oxygen atoms in total. The van der Waals surface area contributed by atoms with Gasteiger partial charge in [-0.05, 0) is 43.2 Å². The Balaban J connectivity index is 2.09. The van der Waals surface area contributed by atoms with Crippen LogP contribution in [0.2, 0.25) is 0 Å².